The molecule has 4 rings (SSSR count). The van der Waals surface area contributed by atoms with Crippen molar-refractivity contribution in [2.75, 3.05) is 23.4 Å². The SMILES string of the molecule is COc1cc(OC)cc(N2C(=O)N(Cc3cccc(C)c3)c3ccccc3S2(=O)=O)c1. The summed E-state index contributed by atoms with van der Waals surface area (Å²) in [5.74, 6) is 0.753. The normalized spacial score (nSPS) is 14.9. The van der Waals surface area contributed by atoms with E-state index in [-0.39, 0.29) is 17.1 Å². The number of hydrogen-bond acceptors (Lipinski definition) is 5. The van der Waals surface area contributed by atoms with E-state index in [9.17, 15) is 13.2 Å². The molecule has 1 heterocycles. The average Bonchev–Trinajstić information content (AvgIpc) is 2.76. The molecule has 31 heavy (non-hydrogen) atoms. The number of hydrogen-bond donors (Lipinski definition) is 0. The molecular weight excluding hydrogens is 416 g/mol. The molecule has 7 nitrogen and oxygen atoms in total. The van der Waals surface area contributed by atoms with Gasteiger partial charge in [-0.3, -0.25) is 4.90 Å². The number of para-hydroxylation sites is 1. The van der Waals surface area contributed by atoms with Gasteiger partial charge in [0, 0.05) is 18.2 Å². The molecule has 0 saturated carbocycles. The van der Waals surface area contributed by atoms with Gasteiger partial charge in [-0.25, -0.2) is 13.2 Å². The van der Waals surface area contributed by atoms with Gasteiger partial charge in [0.05, 0.1) is 32.1 Å². The van der Waals surface area contributed by atoms with Crippen molar-refractivity contribution >= 4 is 27.4 Å². The lowest BCUT2D eigenvalue weighted by Gasteiger charge is -2.36. The number of anilines is 2. The van der Waals surface area contributed by atoms with E-state index in [1.54, 1.807) is 24.3 Å². The summed E-state index contributed by atoms with van der Waals surface area (Å²) in [5, 5.41) is 0. The standard InChI is InChI=1S/C23H22N2O5S/c1-16-7-6-8-17(11-16)15-24-21-9-4-5-10-22(21)31(27,28)25(23(24)26)18-12-19(29-2)14-20(13-18)30-3/h4-14H,15H2,1-3H3. The summed E-state index contributed by atoms with van der Waals surface area (Å²) in [4.78, 5) is 15.1. The van der Waals surface area contributed by atoms with Gasteiger partial charge in [0.25, 0.3) is 10.0 Å². The fourth-order valence-electron chi connectivity index (χ4n) is 3.62. The summed E-state index contributed by atoms with van der Waals surface area (Å²) in [5.41, 5.74) is 2.44. The van der Waals surface area contributed by atoms with E-state index in [4.69, 9.17) is 9.47 Å². The van der Waals surface area contributed by atoms with Crippen molar-refractivity contribution in [3.05, 3.63) is 77.9 Å². The van der Waals surface area contributed by atoms with Crippen LogP contribution in [0.4, 0.5) is 16.2 Å². The number of methoxy groups -OCH3 is 2. The number of fused-ring (bicyclic) bond motifs is 1. The van der Waals surface area contributed by atoms with Gasteiger partial charge in [0.1, 0.15) is 16.4 Å². The molecule has 0 N–H and O–H groups in total. The number of benzene rings is 3. The van der Waals surface area contributed by atoms with Crippen LogP contribution in [0.5, 0.6) is 11.5 Å². The van der Waals surface area contributed by atoms with Crippen molar-refractivity contribution in [1.82, 2.24) is 0 Å². The Bertz CT molecular complexity index is 1230. The second-order valence-electron chi connectivity index (χ2n) is 7.17. The lowest BCUT2D eigenvalue weighted by molar-refractivity contribution is 0.253. The van der Waals surface area contributed by atoms with Crippen molar-refractivity contribution in [1.29, 1.82) is 0 Å². The fraction of sp³-hybridized carbons (Fsp3) is 0.174. The maximum absolute atomic E-state index is 13.6. The molecule has 160 valence electrons. The Morgan fingerprint density at radius 2 is 1.55 bits per heavy atom. The summed E-state index contributed by atoms with van der Waals surface area (Å²) < 4.78 is 38.3. The van der Waals surface area contributed by atoms with Crippen LogP contribution in [0.1, 0.15) is 11.1 Å². The smallest absolute Gasteiger partial charge is 0.343 e. The van der Waals surface area contributed by atoms with Crippen LogP contribution in [0.15, 0.2) is 71.6 Å². The molecule has 0 unspecified atom stereocenters. The van der Waals surface area contributed by atoms with Gasteiger partial charge in [0.2, 0.25) is 0 Å². The Morgan fingerprint density at radius 1 is 0.871 bits per heavy atom. The number of urea groups is 1. The molecule has 8 heteroatoms. The highest BCUT2D eigenvalue weighted by Crippen LogP contribution is 2.40. The van der Waals surface area contributed by atoms with Crippen LogP contribution in [0, 0.1) is 6.92 Å². The molecular formula is C23H22N2O5S. The van der Waals surface area contributed by atoms with E-state index in [0.717, 1.165) is 15.4 Å². The molecule has 0 atom stereocenters. The maximum Gasteiger partial charge on any atom is 0.343 e. The first-order chi connectivity index (χ1) is 14.8. The molecule has 3 aromatic rings. The van der Waals surface area contributed by atoms with Crippen LogP contribution in [-0.4, -0.2) is 28.7 Å². The third kappa shape index (κ3) is 3.70. The van der Waals surface area contributed by atoms with Crippen LogP contribution in [-0.2, 0) is 16.6 Å². The van der Waals surface area contributed by atoms with Crippen molar-refractivity contribution in [2.45, 2.75) is 18.4 Å². The minimum absolute atomic E-state index is 0.0593. The van der Waals surface area contributed by atoms with Gasteiger partial charge in [-0.2, -0.15) is 4.31 Å². The first-order valence-corrected chi connectivity index (χ1v) is 11.0. The third-order valence-corrected chi connectivity index (χ3v) is 6.82. The first kappa shape index (κ1) is 20.7. The monoisotopic (exact) mass is 438 g/mol. The summed E-state index contributed by atoms with van der Waals surface area (Å²) >= 11 is 0. The summed E-state index contributed by atoms with van der Waals surface area (Å²) in [6.45, 7) is 2.19. The fourth-order valence-corrected chi connectivity index (χ4v) is 5.19. The zero-order valence-corrected chi connectivity index (χ0v) is 18.2. The highest BCUT2D eigenvalue weighted by Gasteiger charge is 2.42. The second kappa shape index (κ2) is 7.96. The lowest BCUT2D eigenvalue weighted by Crippen LogP contribution is -2.50. The van der Waals surface area contributed by atoms with Crippen LogP contribution >= 0.6 is 0 Å². The number of nitrogens with zero attached hydrogens (tertiary/aromatic N) is 2. The minimum Gasteiger partial charge on any atom is -0.497 e. The Kier molecular flexibility index (Phi) is 5.32. The molecule has 0 fully saturated rings. The molecule has 0 aliphatic carbocycles. The van der Waals surface area contributed by atoms with Gasteiger partial charge in [-0.1, -0.05) is 42.0 Å². The zero-order valence-electron chi connectivity index (χ0n) is 17.4. The van der Waals surface area contributed by atoms with Crippen LogP contribution in [0.2, 0.25) is 0 Å². The average molecular weight is 439 g/mol. The molecule has 0 bridgehead atoms. The van der Waals surface area contributed by atoms with Gasteiger partial charge in [0.15, 0.2) is 0 Å². The molecule has 0 radical (unpaired) electrons. The second-order valence-corrected chi connectivity index (χ2v) is 8.92. The molecule has 0 aromatic heterocycles. The predicted molar refractivity (Wildman–Crippen MR) is 118 cm³/mol. The highest BCUT2D eigenvalue weighted by atomic mass is 32.2. The Morgan fingerprint density at radius 3 is 2.19 bits per heavy atom. The molecule has 1 aliphatic heterocycles. The largest absolute Gasteiger partial charge is 0.497 e. The van der Waals surface area contributed by atoms with E-state index in [0.29, 0.717) is 17.2 Å². The van der Waals surface area contributed by atoms with E-state index in [1.807, 2.05) is 31.2 Å². The number of sulfonamides is 1. The molecule has 2 amide bonds. The summed E-state index contributed by atoms with van der Waals surface area (Å²) in [7, 11) is -1.21. The molecule has 3 aromatic carbocycles. The molecule has 1 aliphatic rings. The number of carbonyl (C=O) groups excluding carboxylic acids is 1. The molecule has 0 saturated heterocycles. The van der Waals surface area contributed by atoms with Crippen molar-refractivity contribution in [3.63, 3.8) is 0 Å². The van der Waals surface area contributed by atoms with Gasteiger partial charge in [-0.15, -0.1) is 0 Å². The number of aryl methyl sites for hydroxylation is 1. The van der Waals surface area contributed by atoms with Crippen molar-refractivity contribution < 1.29 is 22.7 Å². The third-order valence-electron chi connectivity index (χ3n) is 5.07. The summed E-state index contributed by atoms with van der Waals surface area (Å²) in [6, 6.07) is 18.2. The number of amides is 2. The quantitative estimate of drug-likeness (QED) is 0.592. The lowest BCUT2D eigenvalue weighted by atomic mass is 10.1. The zero-order chi connectivity index (χ0) is 22.2. The highest BCUT2D eigenvalue weighted by molar-refractivity contribution is 7.94. The minimum atomic E-state index is -4.14. The van der Waals surface area contributed by atoms with E-state index < -0.39 is 16.1 Å². The maximum atomic E-state index is 13.6. The van der Waals surface area contributed by atoms with E-state index >= 15 is 0 Å². The molecule has 0 spiro atoms. The van der Waals surface area contributed by atoms with Gasteiger partial charge in [-0.05, 0) is 24.6 Å². The van der Waals surface area contributed by atoms with Crippen LogP contribution in [0.3, 0.4) is 0 Å². The van der Waals surface area contributed by atoms with Crippen molar-refractivity contribution in [2.24, 2.45) is 0 Å². The number of carbonyl (C=O) groups is 1. The number of ether oxygens (including phenoxy) is 2. The Balaban J connectivity index is 1.88. The van der Waals surface area contributed by atoms with Crippen LogP contribution in [0.25, 0.3) is 0 Å². The van der Waals surface area contributed by atoms with E-state index in [2.05, 4.69) is 0 Å². The van der Waals surface area contributed by atoms with Gasteiger partial charge >= 0.3 is 6.03 Å². The predicted octanol–water partition coefficient (Wildman–Crippen LogP) is 4.35. The Labute approximate surface area is 181 Å². The van der Waals surface area contributed by atoms with Gasteiger partial charge < -0.3 is 9.47 Å². The number of rotatable bonds is 5. The van der Waals surface area contributed by atoms with Crippen LogP contribution < -0.4 is 18.7 Å². The topological polar surface area (TPSA) is 76.2 Å². The van der Waals surface area contributed by atoms with E-state index in [1.165, 1.54) is 37.3 Å². The summed E-state index contributed by atoms with van der Waals surface area (Å²) in [6.07, 6.45) is 0. The first-order valence-electron chi connectivity index (χ1n) is 9.59. The van der Waals surface area contributed by atoms with Crippen molar-refractivity contribution in [3.8, 4) is 11.5 Å². The Hall–Kier alpha value is -3.52.